The van der Waals surface area contributed by atoms with E-state index in [0.717, 1.165) is 57.8 Å². The van der Waals surface area contributed by atoms with E-state index >= 15 is 0 Å². The van der Waals surface area contributed by atoms with Gasteiger partial charge in [-0.25, -0.2) is 0 Å². The molecule has 0 N–H and O–H groups in total. The first-order valence-electron chi connectivity index (χ1n) is 9.64. The highest BCUT2D eigenvalue weighted by Gasteiger charge is 2.45. The van der Waals surface area contributed by atoms with Gasteiger partial charge >= 0.3 is 0 Å². The summed E-state index contributed by atoms with van der Waals surface area (Å²) in [5.41, 5.74) is 0.399. The van der Waals surface area contributed by atoms with Gasteiger partial charge in [0.05, 0.1) is 12.7 Å². The number of ether oxygens (including phenoxy) is 2. The zero-order valence-corrected chi connectivity index (χ0v) is 16.1. The molecular formula is C21H37NO2. The lowest BCUT2D eigenvalue weighted by molar-refractivity contribution is -0.197. The highest BCUT2D eigenvalue weighted by atomic mass is 16.7. The predicted octanol–water partition coefficient (Wildman–Crippen LogP) is 4.79. The van der Waals surface area contributed by atoms with Gasteiger partial charge in [0.2, 0.25) is 0 Å². The molecule has 1 aliphatic carbocycles. The van der Waals surface area contributed by atoms with Crippen LogP contribution < -0.4 is 0 Å². The third kappa shape index (κ3) is 5.44. The Morgan fingerprint density at radius 1 is 1.12 bits per heavy atom. The molecule has 0 aromatic heterocycles. The molecule has 24 heavy (non-hydrogen) atoms. The molecular weight excluding hydrogens is 298 g/mol. The van der Waals surface area contributed by atoms with Crippen LogP contribution in [-0.4, -0.2) is 43.0 Å². The van der Waals surface area contributed by atoms with Crippen LogP contribution in [0, 0.1) is 11.3 Å². The SMILES string of the molecule is C=CCCN(CC=C)CCC1COC2(CCC(C(C)(C)C)CC2)O1. The van der Waals surface area contributed by atoms with Gasteiger partial charge < -0.3 is 9.47 Å². The van der Waals surface area contributed by atoms with E-state index in [9.17, 15) is 0 Å². The Hall–Kier alpha value is -0.640. The molecule has 1 spiro atoms. The van der Waals surface area contributed by atoms with Crippen molar-refractivity contribution in [3.05, 3.63) is 25.3 Å². The molecule has 1 heterocycles. The van der Waals surface area contributed by atoms with E-state index in [1.165, 1.54) is 12.8 Å². The summed E-state index contributed by atoms with van der Waals surface area (Å²) < 4.78 is 12.5. The second-order valence-corrected chi connectivity index (χ2v) is 8.56. The van der Waals surface area contributed by atoms with E-state index in [0.29, 0.717) is 5.41 Å². The molecule has 2 fully saturated rings. The van der Waals surface area contributed by atoms with E-state index < -0.39 is 0 Å². The molecule has 1 saturated heterocycles. The van der Waals surface area contributed by atoms with Crippen molar-refractivity contribution >= 4 is 0 Å². The molecule has 3 heteroatoms. The first kappa shape index (κ1) is 19.7. The minimum atomic E-state index is -0.281. The smallest absolute Gasteiger partial charge is 0.168 e. The maximum absolute atomic E-state index is 6.39. The topological polar surface area (TPSA) is 21.7 Å². The van der Waals surface area contributed by atoms with Crippen LogP contribution in [0.1, 0.15) is 59.3 Å². The Kier molecular flexibility index (Phi) is 7.09. The fraction of sp³-hybridized carbons (Fsp3) is 0.810. The molecule has 0 bridgehead atoms. The van der Waals surface area contributed by atoms with Gasteiger partial charge in [-0.15, -0.1) is 13.2 Å². The highest BCUT2D eigenvalue weighted by molar-refractivity contribution is 4.89. The van der Waals surface area contributed by atoms with Gasteiger partial charge in [-0.3, -0.25) is 4.90 Å². The van der Waals surface area contributed by atoms with Crippen LogP contribution in [0.4, 0.5) is 0 Å². The maximum Gasteiger partial charge on any atom is 0.168 e. The van der Waals surface area contributed by atoms with Gasteiger partial charge in [-0.1, -0.05) is 32.9 Å². The van der Waals surface area contributed by atoms with Crippen molar-refractivity contribution < 1.29 is 9.47 Å². The average Bonchev–Trinajstić information content (AvgIpc) is 2.92. The normalized spacial score (nSPS) is 30.8. The standard InChI is InChI=1S/C21H37NO2/c1-6-8-15-22(14-7-2)16-11-19-17-23-21(24-19)12-9-18(10-13-21)20(3,4)5/h6-7,18-19H,1-2,8-17H2,3-5H3. The Balaban J connectivity index is 1.76. The van der Waals surface area contributed by atoms with Crippen LogP contribution in [0.5, 0.6) is 0 Å². The molecule has 138 valence electrons. The second-order valence-electron chi connectivity index (χ2n) is 8.56. The molecule has 0 aromatic carbocycles. The summed E-state index contributed by atoms with van der Waals surface area (Å²) in [5.74, 6) is 0.507. The first-order chi connectivity index (χ1) is 11.4. The van der Waals surface area contributed by atoms with Crippen molar-refractivity contribution in [2.24, 2.45) is 11.3 Å². The summed E-state index contributed by atoms with van der Waals surface area (Å²) in [5, 5.41) is 0. The van der Waals surface area contributed by atoms with E-state index in [2.05, 4.69) is 38.8 Å². The molecule has 0 aromatic rings. The zero-order valence-electron chi connectivity index (χ0n) is 16.1. The van der Waals surface area contributed by atoms with E-state index in [1.54, 1.807) is 0 Å². The van der Waals surface area contributed by atoms with Crippen molar-refractivity contribution in [2.75, 3.05) is 26.2 Å². The summed E-state index contributed by atoms with van der Waals surface area (Å²) in [7, 11) is 0. The lowest BCUT2D eigenvalue weighted by atomic mass is 9.71. The average molecular weight is 336 g/mol. The molecule has 2 aliphatic rings. The summed E-state index contributed by atoms with van der Waals surface area (Å²) in [4.78, 5) is 2.42. The monoisotopic (exact) mass is 335 g/mol. The fourth-order valence-corrected chi connectivity index (χ4v) is 4.02. The highest BCUT2D eigenvalue weighted by Crippen LogP contribution is 2.45. The van der Waals surface area contributed by atoms with Gasteiger partial charge in [0.1, 0.15) is 0 Å². The molecule has 3 nitrogen and oxygen atoms in total. The quantitative estimate of drug-likeness (QED) is 0.595. The van der Waals surface area contributed by atoms with Crippen molar-refractivity contribution in [3.8, 4) is 0 Å². The summed E-state index contributed by atoms with van der Waals surface area (Å²) in [6.07, 6.45) is 10.8. The molecule has 1 aliphatic heterocycles. The summed E-state index contributed by atoms with van der Waals surface area (Å²) in [6.45, 7) is 18.5. The van der Waals surface area contributed by atoms with Crippen LogP contribution in [0.2, 0.25) is 0 Å². The Labute approximate surface area is 149 Å². The van der Waals surface area contributed by atoms with Crippen LogP contribution >= 0.6 is 0 Å². The van der Waals surface area contributed by atoms with Gasteiger partial charge in [0.25, 0.3) is 0 Å². The number of hydrogen-bond acceptors (Lipinski definition) is 3. The number of nitrogens with zero attached hydrogens (tertiary/aromatic N) is 1. The lowest BCUT2D eigenvalue weighted by Crippen LogP contribution is -2.39. The van der Waals surface area contributed by atoms with E-state index in [1.807, 2.05) is 12.2 Å². The molecule has 2 rings (SSSR count). The van der Waals surface area contributed by atoms with Gasteiger partial charge in [-0.2, -0.15) is 0 Å². The van der Waals surface area contributed by atoms with Gasteiger partial charge in [0.15, 0.2) is 5.79 Å². The van der Waals surface area contributed by atoms with Crippen molar-refractivity contribution in [1.82, 2.24) is 4.90 Å². The minimum Gasteiger partial charge on any atom is -0.347 e. The van der Waals surface area contributed by atoms with Crippen LogP contribution in [0.3, 0.4) is 0 Å². The van der Waals surface area contributed by atoms with E-state index in [4.69, 9.17) is 9.47 Å². The predicted molar refractivity (Wildman–Crippen MR) is 101 cm³/mol. The zero-order chi connectivity index (χ0) is 17.6. The van der Waals surface area contributed by atoms with Crippen molar-refractivity contribution in [2.45, 2.75) is 71.2 Å². The molecule has 0 amide bonds. The minimum absolute atomic E-state index is 0.243. The van der Waals surface area contributed by atoms with Crippen molar-refractivity contribution in [1.29, 1.82) is 0 Å². The van der Waals surface area contributed by atoms with E-state index in [-0.39, 0.29) is 11.9 Å². The number of rotatable bonds is 8. The second kappa shape index (κ2) is 8.64. The van der Waals surface area contributed by atoms with Gasteiger partial charge in [-0.05, 0) is 37.0 Å². The lowest BCUT2D eigenvalue weighted by Gasteiger charge is -2.41. The van der Waals surface area contributed by atoms with Crippen molar-refractivity contribution in [3.63, 3.8) is 0 Å². The van der Waals surface area contributed by atoms with Crippen LogP contribution in [0.15, 0.2) is 25.3 Å². The third-order valence-corrected chi connectivity index (χ3v) is 5.69. The van der Waals surface area contributed by atoms with Gasteiger partial charge in [0, 0.05) is 32.5 Å². The number of hydrogen-bond donors (Lipinski definition) is 0. The fourth-order valence-electron chi connectivity index (χ4n) is 4.02. The molecule has 1 saturated carbocycles. The Morgan fingerprint density at radius 3 is 2.42 bits per heavy atom. The Bertz CT molecular complexity index is 405. The molecule has 1 unspecified atom stereocenters. The first-order valence-corrected chi connectivity index (χ1v) is 9.64. The third-order valence-electron chi connectivity index (χ3n) is 5.69. The Morgan fingerprint density at radius 2 is 1.83 bits per heavy atom. The van der Waals surface area contributed by atoms with Crippen LogP contribution in [-0.2, 0) is 9.47 Å². The maximum atomic E-state index is 6.39. The summed E-state index contributed by atoms with van der Waals surface area (Å²) >= 11 is 0. The van der Waals surface area contributed by atoms with Crippen LogP contribution in [0.25, 0.3) is 0 Å². The molecule has 1 atom stereocenters. The largest absolute Gasteiger partial charge is 0.347 e. The molecule has 0 radical (unpaired) electrons. The summed E-state index contributed by atoms with van der Waals surface area (Å²) in [6, 6.07) is 0.